The highest BCUT2D eigenvalue weighted by Crippen LogP contribution is 2.21. The molecule has 3 rings (SSSR count). The lowest BCUT2D eigenvalue weighted by Gasteiger charge is -2.34. The standard InChI is InChI=1S/C30H36FN3O4S/c1-22(2)19-32-30(36)28(18-24-11-6-5-7-12-24)33(20-25-13-9-8-10-23(25)3)29(35)21-34(39(4,37)38)27-16-14-26(31)15-17-27/h5-17,22,28H,18-21H2,1-4H3,(H,32,36)/t28-/m0/s1. The summed E-state index contributed by atoms with van der Waals surface area (Å²) in [6, 6.07) is 20.9. The predicted molar refractivity (Wildman–Crippen MR) is 152 cm³/mol. The molecular weight excluding hydrogens is 517 g/mol. The Hall–Kier alpha value is -3.72. The normalized spacial score (nSPS) is 12.2. The molecule has 0 radical (unpaired) electrons. The molecule has 0 heterocycles. The number of hydrogen-bond donors (Lipinski definition) is 1. The van der Waals surface area contributed by atoms with Gasteiger partial charge in [0.15, 0.2) is 0 Å². The van der Waals surface area contributed by atoms with Crippen molar-refractivity contribution in [2.45, 2.75) is 39.8 Å². The number of aryl methyl sites for hydroxylation is 1. The number of benzene rings is 3. The van der Waals surface area contributed by atoms with E-state index in [-0.39, 0.29) is 30.5 Å². The summed E-state index contributed by atoms with van der Waals surface area (Å²) in [5.41, 5.74) is 2.80. The molecule has 0 bridgehead atoms. The van der Waals surface area contributed by atoms with E-state index in [9.17, 15) is 22.4 Å². The lowest BCUT2D eigenvalue weighted by molar-refractivity contribution is -0.140. The highest BCUT2D eigenvalue weighted by atomic mass is 32.2. The number of amides is 2. The Kier molecular flexibility index (Phi) is 10.2. The molecule has 0 aliphatic rings. The third-order valence-corrected chi connectivity index (χ3v) is 7.49. The smallest absolute Gasteiger partial charge is 0.244 e. The zero-order chi connectivity index (χ0) is 28.6. The Labute approximate surface area is 230 Å². The second-order valence-electron chi connectivity index (χ2n) is 10.0. The van der Waals surface area contributed by atoms with Gasteiger partial charge in [0.1, 0.15) is 18.4 Å². The maximum Gasteiger partial charge on any atom is 0.244 e. The van der Waals surface area contributed by atoms with Crippen molar-refractivity contribution < 1.29 is 22.4 Å². The molecule has 7 nitrogen and oxygen atoms in total. The van der Waals surface area contributed by atoms with Crippen LogP contribution in [0.15, 0.2) is 78.9 Å². The SMILES string of the molecule is Cc1ccccc1CN(C(=O)CN(c1ccc(F)cc1)S(C)(=O)=O)[C@@H](Cc1ccccc1)C(=O)NCC(C)C. The molecule has 9 heteroatoms. The summed E-state index contributed by atoms with van der Waals surface area (Å²) < 4.78 is 40.0. The van der Waals surface area contributed by atoms with Gasteiger partial charge >= 0.3 is 0 Å². The van der Waals surface area contributed by atoms with Gasteiger partial charge in [-0.2, -0.15) is 0 Å². The molecule has 2 amide bonds. The second-order valence-corrected chi connectivity index (χ2v) is 11.9. The number of anilines is 1. The summed E-state index contributed by atoms with van der Waals surface area (Å²) in [7, 11) is -3.90. The highest BCUT2D eigenvalue weighted by molar-refractivity contribution is 7.92. The minimum absolute atomic E-state index is 0.110. The van der Waals surface area contributed by atoms with Crippen LogP contribution in [-0.4, -0.2) is 50.5 Å². The first-order valence-corrected chi connectivity index (χ1v) is 14.7. The van der Waals surface area contributed by atoms with Crippen LogP contribution in [0.1, 0.15) is 30.5 Å². The van der Waals surface area contributed by atoms with Crippen LogP contribution in [0.3, 0.4) is 0 Å². The van der Waals surface area contributed by atoms with E-state index in [1.165, 1.54) is 17.0 Å². The van der Waals surface area contributed by atoms with Crippen LogP contribution in [-0.2, 0) is 32.6 Å². The average Bonchev–Trinajstić information content (AvgIpc) is 2.89. The Bertz CT molecular complexity index is 1360. The Morgan fingerprint density at radius 3 is 2.13 bits per heavy atom. The van der Waals surface area contributed by atoms with Gasteiger partial charge in [-0.3, -0.25) is 13.9 Å². The van der Waals surface area contributed by atoms with E-state index in [2.05, 4.69) is 5.32 Å². The summed E-state index contributed by atoms with van der Waals surface area (Å²) in [5.74, 6) is -1.19. The Balaban J connectivity index is 2.05. The summed E-state index contributed by atoms with van der Waals surface area (Å²) in [6.45, 7) is 5.88. The van der Waals surface area contributed by atoms with Gasteiger partial charge in [0.05, 0.1) is 11.9 Å². The molecule has 0 saturated carbocycles. The number of carbonyl (C=O) groups excluding carboxylic acids is 2. The molecule has 0 aliphatic heterocycles. The summed E-state index contributed by atoms with van der Waals surface area (Å²) in [5, 5.41) is 2.95. The van der Waals surface area contributed by atoms with Gasteiger partial charge in [-0.05, 0) is 53.8 Å². The molecule has 0 unspecified atom stereocenters. The van der Waals surface area contributed by atoms with Crippen molar-refractivity contribution in [3.05, 3.63) is 101 Å². The van der Waals surface area contributed by atoms with Crippen LogP contribution in [0, 0.1) is 18.7 Å². The molecule has 0 spiro atoms. The highest BCUT2D eigenvalue weighted by Gasteiger charge is 2.33. The van der Waals surface area contributed by atoms with Gasteiger partial charge < -0.3 is 10.2 Å². The number of nitrogens with one attached hydrogen (secondary N) is 1. The van der Waals surface area contributed by atoms with Gasteiger partial charge in [-0.25, -0.2) is 12.8 Å². The van der Waals surface area contributed by atoms with Crippen LogP contribution < -0.4 is 9.62 Å². The number of carbonyl (C=O) groups is 2. The van der Waals surface area contributed by atoms with Gasteiger partial charge in [0.25, 0.3) is 0 Å². The van der Waals surface area contributed by atoms with Crippen LogP contribution >= 0.6 is 0 Å². The largest absolute Gasteiger partial charge is 0.354 e. The topological polar surface area (TPSA) is 86.8 Å². The lowest BCUT2D eigenvalue weighted by Crippen LogP contribution is -2.53. The Morgan fingerprint density at radius 1 is 0.923 bits per heavy atom. The molecule has 0 aliphatic carbocycles. The third-order valence-electron chi connectivity index (χ3n) is 6.35. The second kappa shape index (κ2) is 13.4. The van der Waals surface area contributed by atoms with Crippen LogP contribution in [0.4, 0.5) is 10.1 Å². The van der Waals surface area contributed by atoms with E-state index in [0.29, 0.717) is 6.54 Å². The molecular formula is C30H36FN3O4S. The van der Waals surface area contributed by atoms with E-state index in [1.807, 2.05) is 75.4 Å². The first-order valence-electron chi connectivity index (χ1n) is 12.8. The molecule has 0 fully saturated rings. The van der Waals surface area contributed by atoms with Crippen molar-refractivity contribution in [2.24, 2.45) is 5.92 Å². The summed E-state index contributed by atoms with van der Waals surface area (Å²) in [4.78, 5) is 29.0. The minimum atomic E-state index is -3.90. The Morgan fingerprint density at radius 2 is 1.54 bits per heavy atom. The van der Waals surface area contributed by atoms with E-state index in [0.717, 1.165) is 39.4 Å². The van der Waals surface area contributed by atoms with Gasteiger partial charge in [0, 0.05) is 19.5 Å². The van der Waals surface area contributed by atoms with Crippen molar-refractivity contribution in [2.75, 3.05) is 23.7 Å². The number of nitrogens with zero attached hydrogens (tertiary/aromatic N) is 2. The summed E-state index contributed by atoms with van der Waals surface area (Å²) in [6.07, 6.45) is 1.24. The fourth-order valence-corrected chi connectivity index (χ4v) is 5.02. The number of halogens is 1. The van der Waals surface area contributed by atoms with Crippen LogP contribution in [0.25, 0.3) is 0 Å². The average molecular weight is 554 g/mol. The van der Waals surface area contributed by atoms with E-state index < -0.39 is 34.3 Å². The maximum atomic E-state index is 14.0. The lowest BCUT2D eigenvalue weighted by atomic mass is 10.0. The molecule has 1 N–H and O–H groups in total. The predicted octanol–water partition coefficient (Wildman–Crippen LogP) is 4.31. The molecule has 0 saturated heterocycles. The van der Waals surface area contributed by atoms with Crippen molar-refractivity contribution in [1.29, 1.82) is 0 Å². The summed E-state index contributed by atoms with van der Waals surface area (Å²) >= 11 is 0. The van der Waals surface area contributed by atoms with E-state index >= 15 is 0 Å². The minimum Gasteiger partial charge on any atom is -0.354 e. The monoisotopic (exact) mass is 553 g/mol. The zero-order valence-corrected chi connectivity index (χ0v) is 23.6. The molecule has 0 aromatic heterocycles. The van der Waals surface area contributed by atoms with Crippen LogP contribution in [0.5, 0.6) is 0 Å². The number of sulfonamides is 1. The number of hydrogen-bond acceptors (Lipinski definition) is 4. The molecule has 39 heavy (non-hydrogen) atoms. The fraction of sp³-hybridized carbons (Fsp3) is 0.333. The molecule has 208 valence electrons. The number of rotatable bonds is 12. The third kappa shape index (κ3) is 8.64. The quantitative estimate of drug-likeness (QED) is 0.362. The van der Waals surface area contributed by atoms with Crippen molar-refractivity contribution >= 4 is 27.5 Å². The molecule has 1 atom stereocenters. The van der Waals surface area contributed by atoms with Gasteiger partial charge in [0.2, 0.25) is 21.8 Å². The van der Waals surface area contributed by atoms with Crippen molar-refractivity contribution in [3.8, 4) is 0 Å². The fourth-order valence-electron chi connectivity index (χ4n) is 4.17. The molecule has 3 aromatic rings. The molecule has 3 aromatic carbocycles. The van der Waals surface area contributed by atoms with Gasteiger partial charge in [-0.1, -0.05) is 68.4 Å². The van der Waals surface area contributed by atoms with Gasteiger partial charge in [-0.15, -0.1) is 0 Å². The maximum absolute atomic E-state index is 14.0. The first kappa shape index (κ1) is 29.8. The van der Waals surface area contributed by atoms with Crippen molar-refractivity contribution in [1.82, 2.24) is 10.2 Å². The van der Waals surface area contributed by atoms with Crippen LogP contribution in [0.2, 0.25) is 0 Å². The van der Waals surface area contributed by atoms with E-state index in [1.54, 1.807) is 0 Å². The first-order chi connectivity index (χ1) is 18.5. The van der Waals surface area contributed by atoms with E-state index in [4.69, 9.17) is 0 Å². The zero-order valence-electron chi connectivity index (χ0n) is 22.8. The van der Waals surface area contributed by atoms with Crippen molar-refractivity contribution in [3.63, 3.8) is 0 Å².